The van der Waals surface area contributed by atoms with Gasteiger partial charge in [-0.3, -0.25) is 0 Å². The van der Waals surface area contributed by atoms with E-state index in [1.54, 1.807) is 28.9 Å². The fourth-order valence-corrected chi connectivity index (χ4v) is 4.84. The highest BCUT2D eigenvalue weighted by atomic mass is 32.1. The molecule has 0 atom stereocenters. The number of hydrogen-bond donors (Lipinski definition) is 3. The normalized spacial score (nSPS) is 10.1. The molecule has 3 aromatic heterocycles. The van der Waals surface area contributed by atoms with Gasteiger partial charge < -0.3 is 17.2 Å². The fourth-order valence-electron chi connectivity index (χ4n) is 2.40. The zero-order chi connectivity index (χ0) is 20.0. The van der Waals surface area contributed by atoms with Crippen LogP contribution in [0, 0.1) is 0 Å². The average molecular weight is 433 g/mol. The van der Waals surface area contributed by atoms with Crippen LogP contribution in [-0.2, 0) is 19.3 Å². The summed E-state index contributed by atoms with van der Waals surface area (Å²) >= 11 is 5.27. The number of thiophene rings is 2. The summed E-state index contributed by atoms with van der Waals surface area (Å²) in [6, 6.07) is 14.8. The zero-order valence-electron chi connectivity index (χ0n) is 15.9. The summed E-state index contributed by atoms with van der Waals surface area (Å²) in [7, 11) is 0. The molecule has 1 aromatic carbocycles. The van der Waals surface area contributed by atoms with Gasteiger partial charge in [0.15, 0.2) is 0 Å². The number of benzene rings is 1. The van der Waals surface area contributed by atoms with Crippen molar-refractivity contribution in [1.29, 1.82) is 0 Å². The van der Waals surface area contributed by atoms with Crippen LogP contribution >= 0.6 is 34.0 Å². The van der Waals surface area contributed by atoms with Gasteiger partial charge in [-0.1, -0.05) is 24.3 Å². The van der Waals surface area contributed by atoms with Crippen molar-refractivity contribution in [3.63, 3.8) is 0 Å². The third-order valence-corrected chi connectivity index (χ3v) is 6.63. The Morgan fingerprint density at radius 1 is 0.750 bits per heavy atom. The van der Waals surface area contributed by atoms with E-state index < -0.39 is 0 Å². The summed E-state index contributed by atoms with van der Waals surface area (Å²) < 4.78 is 1.36. The van der Waals surface area contributed by atoms with E-state index in [0.717, 1.165) is 37.4 Å². The predicted molar refractivity (Wildman–Crippen MR) is 127 cm³/mol. The van der Waals surface area contributed by atoms with Gasteiger partial charge in [-0.15, -0.1) is 34.0 Å². The maximum absolute atomic E-state index is 5.49. The minimum Gasteiger partial charge on any atom is -0.330 e. The molecule has 0 amide bonds. The van der Waals surface area contributed by atoms with Gasteiger partial charge >= 0.3 is 0 Å². The lowest BCUT2D eigenvalue weighted by Crippen LogP contribution is -2.01. The number of nitrogens with two attached hydrogens (primary N) is 3. The number of nitrogens with zero attached hydrogens (tertiary/aromatic N) is 1. The molecule has 28 heavy (non-hydrogen) atoms. The molecule has 6 N–H and O–H groups in total. The van der Waals surface area contributed by atoms with E-state index in [2.05, 4.69) is 52.8 Å². The molecular weight excluding hydrogens is 404 g/mol. The highest BCUT2D eigenvalue weighted by Crippen LogP contribution is 2.25. The van der Waals surface area contributed by atoms with Crippen molar-refractivity contribution in [2.45, 2.75) is 19.3 Å². The molecule has 0 aliphatic carbocycles. The van der Waals surface area contributed by atoms with Crippen LogP contribution in [0.25, 0.3) is 10.1 Å². The molecule has 0 aliphatic heterocycles. The van der Waals surface area contributed by atoms with E-state index >= 15 is 0 Å². The van der Waals surface area contributed by atoms with E-state index in [9.17, 15) is 0 Å². The summed E-state index contributed by atoms with van der Waals surface area (Å²) in [6.07, 6.45) is 4.74. The van der Waals surface area contributed by atoms with Crippen LogP contribution in [0.15, 0.2) is 59.4 Å². The summed E-state index contributed by atoms with van der Waals surface area (Å²) in [5.74, 6) is 0. The minimum absolute atomic E-state index is 0.702. The maximum atomic E-state index is 5.49. The molecule has 0 spiro atoms. The van der Waals surface area contributed by atoms with Gasteiger partial charge in [0.1, 0.15) is 0 Å². The van der Waals surface area contributed by atoms with E-state index in [0.29, 0.717) is 6.54 Å². The standard InChI is InChI=1S/C10H11NS.C6H9NS.C5H8N2S/c11-6-5-9-7-8-3-1-2-4-10(8)12-9;7-4-3-6-2-1-5-8-6;6-2-1-5-7-3-4-8-5/h1-4,7H,5-6,11H2;1-2,5H,3-4,7H2;3-4H,1-2,6H2. The molecule has 0 aliphatic rings. The van der Waals surface area contributed by atoms with Crippen LogP contribution in [0.1, 0.15) is 14.8 Å². The monoisotopic (exact) mass is 432 g/mol. The Balaban J connectivity index is 0.000000156. The Labute approximate surface area is 179 Å². The first-order valence-electron chi connectivity index (χ1n) is 9.25. The van der Waals surface area contributed by atoms with Gasteiger partial charge in [-0.05, 0) is 61.4 Å². The van der Waals surface area contributed by atoms with Crippen LogP contribution < -0.4 is 17.2 Å². The lowest BCUT2D eigenvalue weighted by atomic mass is 10.2. The number of hydrogen-bond acceptors (Lipinski definition) is 7. The quantitative estimate of drug-likeness (QED) is 0.424. The number of thiazole rings is 1. The summed E-state index contributed by atoms with van der Waals surface area (Å²) in [5.41, 5.74) is 16.1. The highest BCUT2D eigenvalue weighted by Gasteiger charge is 1.98. The largest absolute Gasteiger partial charge is 0.330 e. The average Bonchev–Trinajstić information content (AvgIpc) is 3.45. The summed E-state index contributed by atoms with van der Waals surface area (Å²) in [4.78, 5) is 6.81. The molecule has 0 saturated heterocycles. The van der Waals surface area contributed by atoms with Gasteiger partial charge in [0, 0.05) is 32.5 Å². The molecule has 150 valence electrons. The molecule has 0 radical (unpaired) electrons. The Kier molecular flexibility index (Phi) is 11.0. The Hall–Kier alpha value is -1.61. The van der Waals surface area contributed by atoms with Gasteiger partial charge in [0.25, 0.3) is 0 Å². The second-order valence-electron chi connectivity index (χ2n) is 5.87. The number of fused-ring (bicyclic) bond motifs is 1. The molecule has 3 heterocycles. The second kappa shape index (κ2) is 13.5. The molecule has 4 aromatic rings. The molecule has 0 unspecified atom stereocenters. The highest BCUT2D eigenvalue weighted by molar-refractivity contribution is 7.19. The van der Waals surface area contributed by atoms with Crippen molar-refractivity contribution < 1.29 is 0 Å². The van der Waals surface area contributed by atoms with E-state index in [4.69, 9.17) is 17.2 Å². The van der Waals surface area contributed by atoms with Crippen molar-refractivity contribution in [3.05, 3.63) is 74.2 Å². The van der Waals surface area contributed by atoms with Crippen LogP contribution in [0.2, 0.25) is 0 Å². The van der Waals surface area contributed by atoms with Crippen molar-refractivity contribution in [1.82, 2.24) is 4.98 Å². The summed E-state index contributed by atoms with van der Waals surface area (Å²) in [6.45, 7) is 2.21. The third kappa shape index (κ3) is 8.18. The molecule has 4 rings (SSSR count). The Bertz CT molecular complexity index is 801. The number of rotatable bonds is 6. The first-order chi connectivity index (χ1) is 13.8. The SMILES string of the molecule is NCCc1cc2ccccc2s1.NCCc1cccs1.NCCc1nccs1. The van der Waals surface area contributed by atoms with Crippen molar-refractivity contribution in [2.75, 3.05) is 19.6 Å². The third-order valence-electron chi connectivity index (χ3n) is 3.68. The lowest BCUT2D eigenvalue weighted by Gasteiger charge is -1.86. The Morgan fingerprint density at radius 2 is 1.50 bits per heavy atom. The zero-order valence-corrected chi connectivity index (χ0v) is 18.4. The molecule has 4 nitrogen and oxygen atoms in total. The van der Waals surface area contributed by atoms with Gasteiger partial charge in [0.2, 0.25) is 0 Å². The predicted octanol–water partition coefficient (Wildman–Crippen LogP) is 4.30. The first-order valence-corrected chi connectivity index (χ1v) is 11.8. The molecular formula is C21H28N4S3. The van der Waals surface area contributed by atoms with E-state index in [1.165, 1.54) is 19.8 Å². The van der Waals surface area contributed by atoms with Gasteiger partial charge in [-0.25, -0.2) is 4.98 Å². The Morgan fingerprint density at radius 3 is 2.11 bits per heavy atom. The van der Waals surface area contributed by atoms with Crippen LogP contribution in [0.3, 0.4) is 0 Å². The van der Waals surface area contributed by atoms with Crippen LogP contribution in [0.5, 0.6) is 0 Å². The van der Waals surface area contributed by atoms with Crippen molar-refractivity contribution in [2.24, 2.45) is 17.2 Å². The smallest absolute Gasteiger partial charge is 0.0937 e. The van der Waals surface area contributed by atoms with Crippen molar-refractivity contribution >= 4 is 44.1 Å². The fraction of sp³-hybridized carbons (Fsp3) is 0.286. The molecule has 0 bridgehead atoms. The second-order valence-corrected chi connectivity index (χ2v) is 9.05. The van der Waals surface area contributed by atoms with E-state index in [1.807, 2.05) is 16.7 Å². The van der Waals surface area contributed by atoms with Crippen molar-refractivity contribution in [3.8, 4) is 0 Å². The van der Waals surface area contributed by atoms with Crippen LogP contribution in [-0.4, -0.2) is 24.6 Å². The van der Waals surface area contributed by atoms with Gasteiger partial charge in [0.05, 0.1) is 5.01 Å². The topological polar surface area (TPSA) is 91.0 Å². The maximum Gasteiger partial charge on any atom is 0.0937 e. The minimum atomic E-state index is 0.702. The lowest BCUT2D eigenvalue weighted by molar-refractivity contribution is 0.953. The molecule has 0 saturated carbocycles. The molecule has 7 heteroatoms. The molecule has 0 fully saturated rings. The first kappa shape index (κ1) is 22.7. The van der Waals surface area contributed by atoms with Gasteiger partial charge in [-0.2, -0.15) is 0 Å². The van der Waals surface area contributed by atoms with Crippen LogP contribution in [0.4, 0.5) is 0 Å². The van der Waals surface area contributed by atoms with E-state index in [-0.39, 0.29) is 0 Å². The summed E-state index contributed by atoms with van der Waals surface area (Å²) in [5, 5.41) is 6.51. The number of aromatic nitrogens is 1.